The second kappa shape index (κ2) is 7.13. The summed E-state index contributed by atoms with van der Waals surface area (Å²) in [6, 6.07) is 3.66. The van der Waals surface area contributed by atoms with Crippen LogP contribution >= 0.6 is 0 Å². The predicted octanol–water partition coefficient (Wildman–Crippen LogP) is 2.41. The molecule has 0 aromatic carbocycles. The highest BCUT2D eigenvalue weighted by molar-refractivity contribution is 5.95. The fraction of sp³-hybridized carbons (Fsp3) is 0.500. The number of carbonyl (C=O) groups is 2. The van der Waals surface area contributed by atoms with Crippen molar-refractivity contribution in [3.8, 4) is 5.75 Å². The van der Waals surface area contributed by atoms with Gasteiger partial charge in [0.05, 0.1) is 18.2 Å². The van der Waals surface area contributed by atoms with Crippen LogP contribution in [0.2, 0.25) is 0 Å². The molecule has 2 aromatic rings. The summed E-state index contributed by atoms with van der Waals surface area (Å²) in [5, 5.41) is 12.1. The van der Waals surface area contributed by atoms with Crippen LogP contribution in [0.5, 0.6) is 5.75 Å². The molecule has 0 radical (unpaired) electrons. The van der Waals surface area contributed by atoms with Crippen LogP contribution < -0.4 is 10.1 Å². The Labute approximate surface area is 146 Å². The molecule has 0 spiro atoms. The smallest absolute Gasteiger partial charge is 0.306 e. The number of carboxylic acids is 1. The Bertz CT molecular complexity index is 791. The van der Waals surface area contributed by atoms with Gasteiger partial charge in [-0.1, -0.05) is 0 Å². The predicted molar refractivity (Wildman–Crippen MR) is 91.9 cm³/mol. The van der Waals surface area contributed by atoms with Crippen LogP contribution in [-0.2, 0) is 4.79 Å². The van der Waals surface area contributed by atoms with E-state index in [1.807, 2.05) is 19.1 Å². The first kappa shape index (κ1) is 17.3. The van der Waals surface area contributed by atoms with E-state index in [0.29, 0.717) is 55.1 Å². The molecule has 7 heteroatoms. The summed E-state index contributed by atoms with van der Waals surface area (Å²) in [5.74, 6) is -0.572. The SMILES string of the molecule is CCOc1cccn2c(C(=O)NC3CCC(C(=O)O)CC3)c(C)nc12. The number of amides is 1. The van der Waals surface area contributed by atoms with E-state index in [0.717, 1.165) is 0 Å². The van der Waals surface area contributed by atoms with E-state index in [-0.39, 0.29) is 17.9 Å². The lowest BCUT2D eigenvalue weighted by molar-refractivity contribution is -0.142. The molecule has 3 rings (SSSR count). The van der Waals surface area contributed by atoms with Crippen molar-refractivity contribution in [2.45, 2.75) is 45.6 Å². The number of fused-ring (bicyclic) bond motifs is 1. The number of aromatic nitrogens is 2. The number of aryl methyl sites for hydroxylation is 1. The lowest BCUT2D eigenvalue weighted by Crippen LogP contribution is -2.39. The van der Waals surface area contributed by atoms with Crippen LogP contribution in [0.15, 0.2) is 18.3 Å². The van der Waals surface area contributed by atoms with Gasteiger partial charge in [-0.25, -0.2) is 4.98 Å². The monoisotopic (exact) mass is 345 g/mol. The van der Waals surface area contributed by atoms with E-state index in [1.54, 1.807) is 17.5 Å². The number of aliphatic carboxylic acids is 1. The van der Waals surface area contributed by atoms with E-state index < -0.39 is 5.97 Å². The Hall–Kier alpha value is -2.57. The third-order valence-electron chi connectivity index (χ3n) is 4.72. The molecular weight excluding hydrogens is 322 g/mol. The van der Waals surface area contributed by atoms with E-state index in [9.17, 15) is 9.59 Å². The molecule has 2 N–H and O–H groups in total. The number of pyridine rings is 1. The Morgan fingerprint density at radius 2 is 2.08 bits per heavy atom. The molecule has 1 saturated carbocycles. The molecular formula is C18H23N3O4. The standard InChI is InChI=1S/C18H23N3O4/c1-3-25-14-5-4-10-21-15(11(2)19-16(14)21)17(22)20-13-8-6-12(7-9-13)18(23)24/h4-5,10,12-13H,3,6-9H2,1-2H3,(H,20,22)(H,23,24). The van der Waals surface area contributed by atoms with Crippen molar-refractivity contribution in [1.29, 1.82) is 0 Å². The third kappa shape index (κ3) is 3.45. The number of nitrogens with one attached hydrogen (secondary N) is 1. The molecule has 25 heavy (non-hydrogen) atoms. The number of hydrogen-bond acceptors (Lipinski definition) is 4. The third-order valence-corrected chi connectivity index (χ3v) is 4.72. The molecule has 1 aliphatic rings. The maximum Gasteiger partial charge on any atom is 0.306 e. The summed E-state index contributed by atoms with van der Waals surface area (Å²) in [7, 11) is 0. The molecule has 134 valence electrons. The minimum atomic E-state index is -0.745. The number of ether oxygens (including phenoxy) is 1. The molecule has 2 heterocycles. The fourth-order valence-electron chi connectivity index (χ4n) is 3.44. The van der Waals surface area contributed by atoms with E-state index in [4.69, 9.17) is 9.84 Å². The van der Waals surface area contributed by atoms with Crippen LogP contribution in [-0.4, -0.2) is 39.0 Å². The number of nitrogens with zero attached hydrogens (tertiary/aromatic N) is 2. The Kier molecular flexibility index (Phi) is 4.92. The van der Waals surface area contributed by atoms with Crippen molar-refractivity contribution in [2.24, 2.45) is 5.92 Å². The molecule has 0 atom stereocenters. The van der Waals surface area contributed by atoms with Gasteiger partial charge in [-0.3, -0.25) is 14.0 Å². The van der Waals surface area contributed by atoms with Gasteiger partial charge in [0.15, 0.2) is 11.4 Å². The highest BCUT2D eigenvalue weighted by Crippen LogP contribution is 2.26. The fourth-order valence-corrected chi connectivity index (χ4v) is 3.44. The lowest BCUT2D eigenvalue weighted by Gasteiger charge is -2.26. The molecule has 0 aliphatic heterocycles. The van der Waals surface area contributed by atoms with Gasteiger partial charge < -0.3 is 15.2 Å². The number of imidazole rings is 1. The highest BCUT2D eigenvalue weighted by atomic mass is 16.5. The maximum absolute atomic E-state index is 12.8. The highest BCUT2D eigenvalue weighted by Gasteiger charge is 2.28. The molecule has 1 aliphatic carbocycles. The summed E-state index contributed by atoms with van der Waals surface area (Å²) in [5.41, 5.74) is 1.77. The number of rotatable bonds is 5. The van der Waals surface area contributed by atoms with Crippen LogP contribution in [0.25, 0.3) is 5.65 Å². The topological polar surface area (TPSA) is 92.9 Å². The first-order chi connectivity index (χ1) is 12.0. The van der Waals surface area contributed by atoms with Gasteiger partial charge in [-0.15, -0.1) is 0 Å². The van der Waals surface area contributed by atoms with Gasteiger partial charge in [-0.2, -0.15) is 0 Å². The Balaban J connectivity index is 1.78. The van der Waals surface area contributed by atoms with Crippen LogP contribution in [0.4, 0.5) is 0 Å². The second-order valence-electron chi connectivity index (χ2n) is 6.41. The van der Waals surface area contributed by atoms with Crippen molar-refractivity contribution in [2.75, 3.05) is 6.61 Å². The minimum absolute atomic E-state index is 0.00289. The number of hydrogen-bond donors (Lipinski definition) is 2. The van der Waals surface area contributed by atoms with E-state index in [2.05, 4.69) is 10.3 Å². The van der Waals surface area contributed by atoms with Crippen LogP contribution in [0, 0.1) is 12.8 Å². The minimum Gasteiger partial charge on any atom is -0.490 e. The first-order valence-corrected chi connectivity index (χ1v) is 8.65. The Morgan fingerprint density at radius 3 is 2.72 bits per heavy atom. The summed E-state index contributed by atoms with van der Waals surface area (Å²) in [4.78, 5) is 28.3. The zero-order valence-corrected chi connectivity index (χ0v) is 14.5. The Morgan fingerprint density at radius 1 is 1.36 bits per heavy atom. The van der Waals surface area contributed by atoms with E-state index >= 15 is 0 Å². The lowest BCUT2D eigenvalue weighted by atomic mass is 9.86. The van der Waals surface area contributed by atoms with Crippen molar-refractivity contribution >= 4 is 17.5 Å². The van der Waals surface area contributed by atoms with Crippen molar-refractivity contribution < 1.29 is 19.4 Å². The average molecular weight is 345 g/mol. The maximum atomic E-state index is 12.8. The van der Waals surface area contributed by atoms with Gasteiger partial charge in [0.1, 0.15) is 5.69 Å². The molecule has 0 unspecified atom stereocenters. The van der Waals surface area contributed by atoms with Crippen LogP contribution in [0.1, 0.15) is 48.8 Å². The van der Waals surface area contributed by atoms with Gasteiger partial charge in [0.25, 0.3) is 5.91 Å². The largest absolute Gasteiger partial charge is 0.490 e. The number of carboxylic acid groups (broad SMARTS) is 1. The summed E-state index contributed by atoms with van der Waals surface area (Å²) < 4.78 is 7.33. The number of carbonyl (C=O) groups excluding carboxylic acids is 1. The molecule has 2 aromatic heterocycles. The molecule has 0 saturated heterocycles. The quantitative estimate of drug-likeness (QED) is 0.868. The molecule has 0 bridgehead atoms. The normalized spacial score (nSPS) is 20.4. The molecule has 7 nitrogen and oxygen atoms in total. The summed E-state index contributed by atoms with van der Waals surface area (Å²) in [6.07, 6.45) is 4.36. The van der Waals surface area contributed by atoms with Crippen molar-refractivity contribution in [1.82, 2.24) is 14.7 Å². The van der Waals surface area contributed by atoms with Gasteiger partial charge in [0, 0.05) is 12.2 Å². The summed E-state index contributed by atoms with van der Waals surface area (Å²) >= 11 is 0. The van der Waals surface area contributed by atoms with E-state index in [1.165, 1.54) is 0 Å². The van der Waals surface area contributed by atoms with Gasteiger partial charge in [-0.05, 0) is 51.7 Å². The zero-order valence-electron chi connectivity index (χ0n) is 14.5. The van der Waals surface area contributed by atoms with Gasteiger partial charge in [0.2, 0.25) is 0 Å². The van der Waals surface area contributed by atoms with Crippen molar-refractivity contribution in [3.63, 3.8) is 0 Å². The second-order valence-corrected chi connectivity index (χ2v) is 6.41. The average Bonchev–Trinajstić information content (AvgIpc) is 2.92. The van der Waals surface area contributed by atoms with Crippen molar-refractivity contribution in [3.05, 3.63) is 29.7 Å². The van der Waals surface area contributed by atoms with Crippen LogP contribution in [0.3, 0.4) is 0 Å². The summed E-state index contributed by atoms with van der Waals surface area (Å²) in [6.45, 7) is 4.24. The van der Waals surface area contributed by atoms with Gasteiger partial charge >= 0.3 is 5.97 Å². The first-order valence-electron chi connectivity index (χ1n) is 8.65. The zero-order chi connectivity index (χ0) is 18.0. The molecule has 1 amide bonds. The molecule has 1 fully saturated rings.